The Hall–Kier alpha value is -0.130. The number of aliphatic hydroxyl groups is 1. The highest BCUT2D eigenvalue weighted by Crippen LogP contribution is 2.32. The largest absolute Gasteiger partial charge is 0.383 e. The Balaban J connectivity index is 2.48. The van der Waals surface area contributed by atoms with Crippen LogP contribution in [0.4, 0.5) is 0 Å². The van der Waals surface area contributed by atoms with E-state index in [1.165, 1.54) is 11.3 Å². The number of hydrogen-bond acceptors (Lipinski definition) is 4. The van der Waals surface area contributed by atoms with Crippen LogP contribution in [0.2, 0.25) is 5.02 Å². The molecule has 86 valence electrons. The van der Waals surface area contributed by atoms with Crippen molar-refractivity contribution >= 4 is 22.9 Å². The molecule has 1 unspecified atom stereocenters. The van der Waals surface area contributed by atoms with E-state index in [4.69, 9.17) is 16.3 Å². The molecule has 0 aromatic carbocycles. The number of halogens is 1. The maximum absolute atomic E-state index is 10.2. The molecule has 0 aliphatic heterocycles. The predicted molar refractivity (Wildman–Crippen MR) is 63.6 cm³/mol. The fourth-order valence-corrected chi connectivity index (χ4v) is 2.59. The lowest BCUT2D eigenvalue weighted by atomic mass is 10.1. The first-order valence-electron chi connectivity index (χ1n) is 4.73. The first-order chi connectivity index (χ1) is 7.08. The Kier molecular flexibility index (Phi) is 5.02. The minimum Gasteiger partial charge on any atom is -0.383 e. The van der Waals surface area contributed by atoms with Crippen LogP contribution in [0.1, 0.15) is 11.8 Å². The second kappa shape index (κ2) is 5.82. The van der Waals surface area contributed by atoms with Gasteiger partial charge in [0.2, 0.25) is 0 Å². The molecule has 1 rings (SSSR count). The fraction of sp³-hybridized carbons (Fsp3) is 0.600. The van der Waals surface area contributed by atoms with E-state index in [-0.39, 0.29) is 0 Å². The average Bonchev–Trinajstić information content (AvgIpc) is 2.60. The molecule has 0 spiro atoms. The second-order valence-corrected chi connectivity index (χ2v) is 4.86. The summed E-state index contributed by atoms with van der Waals surface area (Å²) in [6, 6.07) is 1.80. The number of thiophene rings is 1. The summed E-state index contributed by atoms with van der Waals surface area (Å²) in [7, 11) is 1.65. The minimum atomic E-state index is -0.918. The summed E-state index contributed by atoms with van der Waals surface area (Å²) in [4.78, 5) is 0.800. The van der Waals surface area contributed by atoms with E-state index >= 15 is 0 Å². The zero-order chi connectivity index (χ0) is 11.3. The number of hydrogen-bond donors (Lipinski definition) is 2. The molecular formula is C10H16ClNO2S. The van der Waals surface area contributed by atoms with Crippen LogP contribution in [0.15, 0.2) is 11.4 Å². The van der Waals surface area contributed by atoms with Gasteiger partial charge in [-0.1, -0.05) is 11.6 Å². The van der Waals surface area contributed by atoms with E-state index in [1.54, 1.807) is 20.1 Å². The SMILES string of the molecule is COCCNCC(C)(O)c1sccc1Cl. The average molecular weight is 250 g/mol. The normalized spacial score (nSPS) is 15.2. The Labute approximate surface area is 99.0 Å². The predicted octanol–water partition coefficient (Wildman–Crippen LogP) is 1.84. The molecule has 1 aromatic heterocycles. The van der Waals surface area contributed by atoms with Crippen molar-refractivity contribution in [1.82, 2.24) is 5.32 Å². The molecule has 1 heterocycles. The van der Waals surface area contributed by atoms with Crippen molar-refractivity contribution in [2.75, 3.05) is 26.8 Å². The standard InChI is InChI=1S/C10H16ClNO2S/c1-10(13,7-12-4-5-14-2)9-8(11)3-6-15-9/h3,6,12-13H,4-5,7H2,1-2H3. The van der Waals surface area contributed by atoms with Crippen LogP contribution in [-0.2, 0) is 10.3 Å². The van der Waals surface area contributed by atoms with E-state index in [0.717, 1.165) is 11.4 Å². The van der Waals surface area contributed by atoms with Gasteiger partial charge in [-0.2, -0.15) is 0 Å². The molecule has 0 bridgehead atoms. The Bertz CT molecular complexity index is 301. The van der Waals surface area contributed by atoms with Crippen molar-refractivity contribution in [1.29, 1.82) is 0 Å². The third-order valence-electron chi connectivity index (χ3n) is 2.06. The summed E-state index contributed by atoms with van der Waals surface area (Å²) in [5.41, 5.74) is -0.918. The first-order valence-corrected chi connectivity index (χ1v) is 5.99. The van der Waals surface area contributed by atoms with E-state index in [2.05, 4.69) is 5.32 Å². The molecule has 0 saturated heterocycles. The summed E-state index contributed by atoms with van der Waals surface area (Å²) in [6.07, 6.45) is 0. The topological polar surface area (TPSA) is 41.5 Å². The van der Waals surface area contributed by atoms with Crippen LogP contribution in [0.25, 0.3) is 0 Å². The lowest BCUT2D eigenvalue weighted by molar-refractivity contribution is 0.0587. The van der Waals surface area contributed by atoms with Gasteiger partial charge in [0.05, 0.1) is 16.5 Å². The highest BCUT2D eigenvalue weighted by Gasteiger charge is 2.26. The molecule has 3 nitrogen and oxygen atoms in total. The van der Waals surface area contributed by atoms with Gasteiger partial charge < -0.3 is 15.2 Å². The molecule has 0 aliphatic rings. The zero-order valence-electron chi connectivity index (χ0n) is 8.92. The molecule has 1 aromatic rings. The Morgan fingerprint density at radius 3 is 2.93 bits per heavy atom. The van der Waals surface area contributed by atoms with Gasteiger partial charge in [-0.25, -0.2) is 0 Å². The van der Waals surface area contributed by atoms with Gasteiger partial charge in [0.1, 0.15) is 5.60 Å². The summed E-state index contributed by atoms with van der Waals surface area (Å²) in [5, 5.41) is 15.8. The van der Waals surface area contributed by atoms with Crippen LogP contribution in [-0.4, -0.2) is 31.9 Å². The summed E-state index contributed by atoms with van der Waals surface area (Å²) in [5.74, 6) is 0. The van der Waals surface area contributed by atoms with Crippen LogP contribution >= 0.6 is 22.9 Å². The van der Waals surface area contributed by atoms with E-state index in [1.807, 2.05) is 5.38 Å². The van der Waals surface area contributed by atoms with Crippen molar-refractivity contribution in [2.24, 2.45) is 0 Å². The molecule has 5 heteroatoms. The minimum absolute atomic E-state index is 0.469. The second-order valence-electron chi connectivity index (χ2n) is 3.54. The van der Waals surface area contributed by atoms with Crippen LogP contribution < -0.4 is 5.32 Å². The highest BCUT2D eigenvalue weighted by molar-refractivity contribution is 7.10. The fourth-order valence-electron chi connectivity index (χ4n) is 1.26. The summed E-state index contributed by atoms with van der Waals surface area (Å²) in [6.45, 7) is 3.57. The van der Waals surface area contributed by atoms with Crippen molar-refractivity contribution in [3.05, 3.63) is 21.3 Å². The Morgan fingerprint density at radius 1 is 1.67 bits per heavy atom. The number of methoxy groups -OCH3 is 1. The van der Waals surface area contributed by atoms with E-state index in [9.17, 15) is 5.11 Å². The molecule has 15 heavy (non-hydrogen) atoms. The van der Waals surface area contributed by atoms with Gasteiger partial charge in [-0.15, -0.1) is 11.3 Å². The number of ether oxygens (including phenoxy) is 1. The molecular weight excluding hydrogens is 234 g/mol. The first kappa shape index (κ1) is 12.9. The maximum Gasteiger partial charge on any atom is 0.110 e. The summed E-state index contributed by atoms with van der Waals surface area (Å²) >= 11 is 7.43. The number of nitrogens with one attached hydrogen (secondary N) is 1. The molecule has 0 fully saturated rings. The van der Waals surface area contributed by atoms with Gasteiger partial charge >= 0.3 is 0 Å². The van der Waals surface area contributed by atoms with Crippen molar-refractivity contribution in [2.45, 2.75) is 12.5 Å². The van der Waals surface area contributed by atoms with Crippen molar-refractivity contribution in [3.8, 4) is 0 Å². The monoisotopic (exact) mass is 249 g/mol. The zero-order valence-corrected chi connectivity index (χ0v) is 10.5. The number of rotatable bonds is 6. The van der Waals surface area contributed by atoms with Crippen LogP contribution in [0.5, 0.6) is 0 Å². The third kappa shape index (κ3) is 3.74. The smallest absolute Gasteiger partial charge is 0.110 e. The molecule has 0 amide bonds. The van der Waals surface area contributed by atoms with Gasteiger partial charge in [0.15, 0.2) is 0 Å². The lowest BCUT2D eigenvalue weighted by Crippen LogP contribution is -2.36. The van der Waals surface area contributed by atoms with E-state index < -0.39 is 5.60 Å². The summed E-state index contributed by atoms with van der Waals surface area (Å²) < 4.78 is 4.90. The van der Waals surface area contributed by atoms with Gasteiger partial charge in [0.25, 0.3) is 0 Å². The van der Waals surface area contributed by atoms with Gasteiger partial charge in [-0.05, 0) is 18.4 Å². The van der Waals surface area contributed by atoms with Gasteiger partial charge in [0, 0.05) is 20.2 Å². The highest BCUT2D eigenvalue weighted by atomic mass is 35.5. The van der Waals surface area contributed by atoms with Crippen molar-refractivity contribution in [3.63, 3.8) is 0 Å². The van der Waals surface area contributed by atoms with Crippen LogP contribution in [0, 0.1) is 0 Å². The van der Waals surface area contributed by atoms with Gasteiger partial charge in [-0.3, -0.25) is 0 Å². The lowest BCUT2D eigenvalue weighted by Gasteiger charge is -2.23. The Morgan fingerprint density at radius 2 is 2.40 bits per heavy atom. The molecule has 0 aliphatic carbocycles. The maximum atomic E-state index is 10.2. The molecule has 0 saturated carbocycles. The molecule has 0 radical (unpaired) electrons. The molecule has 2 N–H and O–H groups in total. The van der Waals surface area contributed by atoms with Crippen molar-refractivity contribution < 1.29 is 9.84 Å². The quantitative estimate of drug-likeness (QED) is 0.756. The molecule has 1 atom stereocenters. The third-order valence-corrected chi connectivity index (χ3v) is 3.65. The van der Waals surface area contributed by atoms with E-state index in [0.29, 0.717) is 18.2 Å². The van der Waals surface area contributed by atoms with Crippen LogP contribution in [0.3, 0.4) is 0 Å².